The number of hydrogen-bond donors (Lipinski definition) is 0. The van der Waals surface area contributed by atoms with Crippen LogP contribution in [0.2, 0.25) is 0 Å². The highest BCUT2D eigenvalue weighted by Gasteiger charge is 2.55. The van der Waals surface area contributed by atoms with Gasteiger partial charge in [-0.3, -0.25) is 0 Å². The summed E-state index contributed by atoms with van der Waals surface area (Å²) in [5, 5.41) is 0. The molecular formula is C9H16F2. The van der Waals surface area contributed by atoms with Crippen LogP contribution in [0.3, 0.4) is 0 Å². The van der Waals surface area contributed by atoms with Crippen molar-refractivity contribution in [2.24, 2.45) is 17.8 Å². The lowest BCUT2D eigenvalue weighted by atomic mass is 9.64. The Morgan fingerprint density at radius 1 is 1.45 bits per heavy atom. The summed E-state index contributed by atoms with van der Waals surface area (Å²) >= 11 is 0. The van der Waals surface area contributed by atoms with Gasteiger partial charge in [0.25, 0.3) is 5.92 Å². The van der Waals surface area contributed by atoms with E-state index in [4.69, 9.17) is 0 Å². The Morgan fingerprint density at radius 3 is 2.18 bits per heavy atom. The zero-order valence-corrected chi connectivity index (χ0v) is 7.40. The molecule has 0 heterocycles. The molecule has 0 aliphatic heterocycles. The molecule has 2 unspecified atom stereocenters. The van der Waals surface area contributed by atoms with Gasteiger partial charge in [-0.25, -0.2) is 8.78 Å². The predicted octanol–water partition coefficient (Wildman–Crippen LogP) is 3.32. The van der Waals surface area contributed by atoms with E-state index in [1.165, 1.54) is 0 Å². The van der Waals surface area contributed by atoms with Gasteiger partial charge in [0.1, 0.15) is 0 Å². The smallest absolute Gasteiger partial charge is 0.207 e. The van der Waals surface area contributed by atoms with Gasteiger partial charge in [-0.15, -0.1) is 0 Å². The van der Waals surface area contributed by atoms with Crippen LogP contribution in [0.5, 0.6) is 0 Å². The molecule has 0 aromatic heterocycles. The zero-order valence-electron chi connectivity index (χ0n) is 7.40. The summed E-state index contributed by atoms with van der Waals surface area (Å²) in [7, 11) is 0. The van der Waals surface area contributed by atoms with E-state index < -0.39 is 5.92 Å². The maximum absolute atomic E-state index is 12.8. The molecule has 0 bridgehead atoms. The average molecular weight is 162 g/mol. The number of rotatable bonds is 2. The van der Waals surface area contributed by atoms with E-state index in [0.29, 0.717) is 12.3 Å². The van der Waals surface area contributed by atoms with Crippen molar-refractivity contribution >= 4 is 0 Å². The van der Waals surface area contributed by atoms with Gasteiger partial charge in [0.05, 0.1) is 0 Å². The lowest BCUT2D eigenvalue weighted by molar-refractivity contribution is -0.186. The Bertz CT molecular complexity index is 140. The van der Waals surface area contributed by atoms with Crippen molar-refractivity contribution in [3.05, 3.63) is 0 Å². The first-order valence-electron chi connectivity index (χ1n) is 4.37. The fraction of sp³-hybridized carbons (Fsp3) is 1.00. The van der Waals surface area contributed by atoms with Crippen molar-refractivity contribution in [3.8, 4) is 0 Å². The topological polar surface area (TPSA) is 0 Å². The zero-order chi connectivity index (χ0) is 8.65. The van der Waals surface area contributed by atoms with Gasteiger partial charge in [0, 0.05) is 12.3 Å². The summed E-state index contributed by atoms with van der Waals surface area (Å²) in [4.78, 5) is 0. The monoisotopic (exact) mass is 162 g/mol. The fourth-order valence-corrected chi connectivity index (χ4v) is 2.06. The molecule has 66 valence electrons. The molecule has 1 fully saturated rings. The van der Waals surface area contributed by atoms with E-state index in [9.17, 15) is 8.78 Å². The standard InChI is InChI=1S/C9H16F2/c1-4-8-7(6(2)3)5-9(8,10)11/h6-8H,4-5H2,1-3H3. The molecule has 11 heavy (non-hydrogen) atoms. The minimum Gasteiger partial charge on any atom is -0.207 e. The van der Waals surface area contributed by atoms with Gasteiger partial charge in [-0.05, 0) is 18.3 Å². The highest BCUT2D eigenvalue weighted by Crippen LogP contribution is 2.52. The number of alkyl halides is 2. The third-order valence-corrected chi connectivity index (χ3v) is 2.86. The first kappa shape index (κ1) is 8.95. The molecule has 0 N–H and O–H groups in total. The van der Waals surface area contributed by atoms with Crippen LogP contribution in [0.25, 0.3) is 0 Å². The van der Waals surface area contributed by atoms with E-state index in [0.717, 1.165) is 0 Å². The third kappa shape index (κ3) is 1.40. The average Bonchev–Trinajstić information content (AvgIpc) is 1.84. The Hall–Kier alpha value is -0.140. The molecule has 0 spiro atoms. The van der Waals surface area contributed by atoms with Crippen molar-refractivity contribution in [3.63, 3.8) is 0 Å². The van der Waals surface area contributed by atoms with Gasteiger partial charge >= 0.3 is 0 Å². The minimum atomic E-state index is -2.36. The van der Waals surface area contributed by atoms with Crippen LogP contribution in [0.15, 0.2) is 0 Å². The van der Waals surface area contributed by atoms with E-state index in [2.05, 4.69) is 0 Å². The molecule has 0 aromatic rings. The van der Waals surface area contributed by atoms with Crippen molar-refractivity contribution in [1.29, 1.82) is 0 Å². The van der Waals surface area contributed by atoms with Gasteiger partial charge < -0.3 is 0 Å². The van der Waals surface area contributed by atoms with Crippen LogP contribution in [0.4, 0.5) is 8.78 Å². The molecule has 1 aliphatic carbocycles. The Kier molecular flexibility index (Phi) is 2.22. The molecule has 1 rings (SSSR count). The lowest BCUT2D eigenvalue weighted by Crippen LogP contribution is -2.49. The maximum Gasteiger partial charge on any atom is 0.251 e. The van der Waals surface area contributed by atoms with Crippen LogP contribution >= 0.6 is 0 Å². The molecule has 0 aromatic carbocycles. The summed E-state index contributed by atoms with van der Waals surface area (Å²) in [5.74, 6) is -2.03. The Labute approximate surface area is 67.0 Å². The largest absolute Gasteiger partial charge is 0.251 e. The summed E-state index contributed by atoms with van der Waals surface area (Å²) < 4.78 is 25.6. The van der Waals surface area contributed by atoms with E-state index in [1.54, 1.807) is 0 Å². The van der Waals surface area contributed by atoms with E-state index in [-0.39, 0.29) is 18.3 Å². The quantitative estimate of drug-likeness (QED) is 0.584. The molecule has 0 nitrogen and oxygen atoms in total. The van der Waals surface area contributed by atoms with Gasteiger partial charge in [0.2, 0.25) is 0 Å². The molecule has 0 radical (unpaired) electrons. The summed E-state index contributed by atoms with van der Waals surface area (Å²) in [6.07, 6.45) is 0.735. The molecule has 0 saturated heterocycles. The van der Waals surface area contributed by atoms with Crippen LogP contribution in [0.1, 0.15) is 33.6 Å². The molecular weight excluding hydrogens is 146 g/mol. The van der Waals surface area contributed by atoms with Crippen LogP contribution < -0.4 is 0 Å². The van der Waals surface area contributed by atoms with Crippen LogP contribution in [0, 0.1) is 17.8 Å². The van der Waals surface area contributed by atoms with Crippen molar-refractivity contribution in [2.75, 3.05) is 0 Å². The molecule has 2 atom stereocenters. The molecule has 1 saturated carbocycles. The predicted molar refractivity (Wildman–Crippen MR) is 41.7 cm³/mol. The third-order valence-electron chi connectivity index (χ3n) is 2.86. The van der Waals surface area contributed by atoms with Crippen molar-refractivity contribution in [1.82, 2.24) is 0 Å². The second-order valence-corrected chi connectivity index (χ2v) is 3.89. The SMILES string of the molecule is CCC1C(C(C)C)CC1(F)F. The van der Waals surface area contributed by atoms with Crippen molar-refractivity contribution in [2.45, 2.75) is 39.5 Å². The maximum atomic E-state index is 12.8. The lowest BCUT2D eigenvalue weighted by Gasteiger charge is -2.46. The molecule has 1 aliphatic rings. The van der Waals surface area contributed by atoms with E-state index >= 15 is 0 Å². The number of hydrogen-bond acceptors (Lipinski definition) is 0. The van der Waals surface area contributed by atoms with Crippen LogP contribution in [-0.4, -0.2) is 5.92 Å². The molecule has 0 amide bonds. The second kappa shape index (κ2) is 2.72. The van der Waals surface area contributed by atoms with E-state index in [1.807, 2.05) is 20.8 Å². The second-order valence-electron chi connectivity index (χ2n) is 3.89. The summed E-state index contributed by atoms with van der Waals surface area (Å²) in [5.41, 5.74) is 0. The Balaban J connectivity index is 2.53. The van der Waals surface area contributed by atoms with Gasteiger partial charge in [-0.2, -0.15) is 0 Å². The van der Waals surface area contributed by atoms with Gasteiger partial charge in [0.15, 0.2) is 0 Å². The summed E-state index contributed by atoms with van der Waals surface area (Å²) in [6.45, 7) is 5.91. The number of halogens is 2. The highest BCUT2D eigenvalue weighted by atomic mass is 19.3. The normalized spacial score (nSPS) is 35.5. The molecule has 2 heteroatoms. The fourth-order valence-electron chi connectivity index (χ4n) is 2.06. The highest BCUT2D eigenvalue weighted by molar-refractivity contribution is 4.95. The first-order valence-corrected chi connectivity index (χ1v) is 4.37. The van der Waals surface area contributed by atoms with Crippen LogP contribution in [-0.2, 0) is 0 Å². The Morgan fingerprint density at radius 2 is 2.00 bits per heavy atom. The van der Waals surface area contributed by atoms with Gasteiger partial charge in [-0.1, -0.05) is 20.8 Å². The minimum absolute atomic E-state index is 0.114. The van der Waals surface area contributed by atoms with Crippen molar-refractivity contribution < 1.29 is 8.78 Å². The summed E-state index contributed by atoms with van der Waals surface area (Å²) in [6, 6.07) is 0. The first-order chi connectivity index (χ1) is 4.99.